The van der Waals surface area contributed by atoms with Crippen molar-refractivity contribution in [1.29, 1.82) is 0 Å². The Bertz CT molecular complexity index is 346. The highest BCUT2D eigenvalue weighted by Gasteiger charge is 2.25. The summed E-state index contributed by atoms with van der Waals surface area (Å²) in [6.07, 6.45) is 5.54. The van der Waals surface area contributed by atoms with E-state index in [1.165, 1.54) is 5.56 Å². The highest BCUT2D eigenvalue weighted by Crippen LogP contribution is 2.25. The van der Waals surface area contributed by atoms with Crippen molar-refractivity contribution in [2.45, 2.75) is 32.6 Å². The van der Waals surface area contributed by atoms with Crippen molar-refractivity contribution in [2.24, 2.45) is 5.92 Å². The van der Waals surface area contributed by atoms with Crippen LogP contribution in [0.1, 0.15) is 30.5 Å². The number of carbonyl (C=O) groups is 1. The molecule has 1 fully saturated rings. The van der Waals surface area contributed by atoms with Crippen LogP contribution in [-0.2, 0) is 11.2 Å². The summed E-state index contributed by atoms with van der Waals surface area (Å²) >= 11 is 0. The quantitative estimate of drug-likeness (QED) is 0.714. The highest BCUT2D eigenvalue weighted by molar-refractivity contribution is 5.83. The second kappa shape index (κ2) is 3.91. The van der Waals surface area contributed by atoms with Crippen molar-refractivity contribution in [3.05, 3.63) is 29.6 Å². The summed E-state index contributed by atoms with van der Waals surface area (Å²) < 4.78 is 0. The minimum absolute atomic E-state index is 0.239. The molecule has 1 unspecified atom stereocenters. The largest absolute Gasteiger partial charge is 0.299 e. The van der Waals surface area contributed by atoms with Crippen LogP contribution in [0, 0.1) is 12.8 Å². The lowest BCUT2D eigenvalue weighted by Crippen LogP contribution is -2.11. The first-order chi connectivity index (χ1) is 6.77. The molecule has 0 bridgehead atoms. The lowest BCUT2D eigenvalue weighted by molar-refractivity contribution is -0.120. The molecule has 0 saturated heterocycles. The first-order valence-electron chi connectivity index (χ1n) is 5.20. The van der Waals surface area contributed by atoms with Crippen LogP contribution in [-0.4, -0.2) is 10.8 Å². The molecule has 0 aliphatic heterocycles. The van der Waals surface area contributed by atoms with Gasteiger partial charge in [-0.15, -0.1) is 0 Å². The second-order valence-corrected chi connectivity index (χ2v) is 4.03. The molecule has 1 aliphatic rings. The Kier molecular flexibility index (Phi) is 2.62. The van der Waals surface area contributed by atoms with E-state index in [4.69, 9.17) is 0 Å². The molecule has 2 heteroatoms. The molecule has 1 saturated carbocycles. The number of hydrogen-bond acceptors (Lipinski definition) is 2. The van der Waals surface area contributed by atoms with Crippen molar-refractivity contribution in [3.63, 3.8) is 0 Å². The summed E-state index contributed by atoms with van der Waals surface area (Å²) in [7, 11) is 0. The molecule has 0 amide bonds. The number of aromatic nitrogens is 1. The van der Waals surface area contributed by atoms with Gasteiger partial charge in [0.05, 0.1) is 0 Å². The maximum absolute atomic E-state index is 11.5. The summed E-state index contributed by atoms with van der Waals surface area (Å²) in [4.78, 5) is 15.8. The van der Waals surface area contributed by atoms with Gasteiger partial charge in [-0.2, -0.15) is 0 Å². The number of nitrogens with zero attached hydrogens (tertiary/aromatic N) is 1. The molecule has 0 aromatic carbocycles. The normalized spacial score (nSPS) is 21.5. The molecule has 1 aromatic rings. The lowest BCUT2D eigenvalue weighted by Gasteiger charge is -2.08. The van der Waals surface area contributed by atoms with Crippen molar-refractivity contribution in [1.82, 2.24) is 4.98 Å². The van der Waals surface area contributed by atoms with Gasteiger partial charge in [-0.25, -0.2) is 0 Å². The molecule has 2 rings (SSSR count). The molecular weight excluding hydrogens is 174 g/mol. The average Bonchev–Trinajstić information content (AvgIpc) is 2.56. The predicted octanol–water partition coefficient (Wildman–Crippen LogP) is 2.30. The number of aryl methyl sites for hydroxylation is 1. The summed E-state index contributed by atoms with van der Waals surface area (Å²) in [5.41, 5.74) is 2.29. The number of Topliss-reactive ketones (excluding diaryl/α,β-unsaturated/α-hetero) is 1. The minimum Gasteiger partial charge on any atom is -0.299 e. The number of carbonyl (C=O) groups excluding carboxylic acids is 1. The van der Waals surface area contributed by atoms with Crippen LogP contribution in [0.3, 0.4) is 0 Å². The van der Waals surface area contributed by atoms with Gasteiger partial charge in [-0.05, 0) is 37.8 Å². The third-order valence-electron chi connectivity index (χ3n) is 2.99. The van der Waals surface area contributed by atoms with Crippen LogP contribution < -0.4 is 0 Å². The van der Waals surface area contributed by atoms with Crippen LogP contribution in [0.15, 0.2) is 18.3 Å². The van der Waals surface area contributed by atoms with Gasteiger partial charge in [0.25, 0.3) is 0 Å². The topological polar surface area (TPSA) is 30.0 Å². The Labute approximate surface area is 84.4 Å². The van der Waals surface area contributed by atoms with Crippen LogP contribution >= 0.6 is 0 Å². The Balaban J connectivity index is 2.10. The fraction of sp³-hybridized carbons (Fsp3) is 0.500. The predicted molar refractivity (Wildman–Crippen MR) is 55.0 cm³/mol. The van der Waals surface area contributed by atoms with Gasteiger partial charge in [-0.1, -0.05) is 6.07 Å². The molecule has 1 atom stereocenters. The summed E-state index contributed by atoms with van der Waals surface area (Å²) in [5, 5.41) is 0. The number of rotatable bonds is 2. The molecule has 2 nitrogen and oxygen atoms in total. The van der Waals surface area contributed by atoms with Crippen LogP contribution in [0.5, 0.6) is 0 Å². The SMILES string of the molecule is Cc1cccnc1CC1CCCC1=O. The Morgan fingerprint density at radius 3 is 3.07 bits per heavy atom. The van der Waals surface area contributed by atoms with Crippen molar-refractivity contribution >= 4 is 5.78 Å². The van der Waals surface area contributed by atoms with Gasteiger partial charge in [0, 0.05) is 24.2 Å². The molecule has 0 radical (unpaired) electrons. The van der Waals surface area contributed by atoms with E-state index < -0.39 is 0 Å². The molecule has 1 aromatic heterocycles. The van der Waals surface area contributed by atoms with Gasteiger partial charge in [0.1, 0.15) is 5.78 Å². The second-order valence-electron chi connectivity index (χ2n) is 4.03. The molecule has 0 N–H and O–H groups in total. The molecule has 1 aliphatic carbocycles. The van der Waals surface area contributed by atoms with Gasteiger partial charge < -0.3 is 0 Å². The zero-order valence-corrected chi connectivity index (χ0v) is 8.49. The van der Waals surface area contributed by atoms with Gasteiger partial charge in [0.2, 0.25) is 0 Å². The van der Waals surface area contributed by atoms with Crippen molar-refractivity contribution in [2.75, 3.05) is 0 Å². The Morgan fingerprint density at radius 2 is 2.43 bits per heavy atom. The number of ketones is 1. The maximum Gasteiger partial charge on any atom is 0.136 e. The van der Waals surface area contributed by atoms with Crippen LogP contribution in [0.25, 0.3) is 0 Å². The number of pyridine rings is 1. The molecule has 74 valence electrons. The fourth-order valence-electron chi connectivity index (χ4n) is 2.07. The summed E-state index contributed by atoms with van der Waals surface area (Å²) in [6.45, 7) is 2.06. The van der Waals surface area contributed by atoms with Crippen LogP contribution in [0.4, 0.5) is 0 Å². The zero-order chi connectivity index (χ0) is 9.97. The van der Waals surface area contributed by atoms with E-state index in [0.717, 1.165) is 31.4 Å². The monoisotopic (exact) mass is 189 g/mol. The smallest absolute Gasteiger partial charge is 0.136 e. The molecule has 0 spiro atoms. The van der Waals surface area contributed by atoms with E-state index in [-0.39, 0.29) is 5.92 Å². The van der Waals surface area contributed by atoms with E-state index in [1.807, 2.05) is 12.3 Å². The maximum atomic E-state index is 11.5. The fourth-order valence-corrected chi connectivity index (χ4v) is 2.07. The third kappa shape index (κ3) is 1.84. The molecular formula is C12H15NO. The first kappa shape index (κ1) is 9.38. The molecule has 14 heavy (non-hydrogen) atoms. The Morgan fingerprint density at radius 1 is 1.57 bits per heavy atom. The zero-order valence-electron chi connectivity index (χ0n) is 8.49. The van der Waals surface area contributed by atoms with Gasteiger partial charge in [0.15, 0.2) is 0 Å². The third-order valence-corrected chi connectivity index (χ3v) is 2.99. The molecule has 1 heterocycles. The lowest BCUT2D eigenvalue weighted by atomic mass is 9.98. The summed E-state index contributed by atoms with van der Waals surface area (Å²) in [6, 6.07) is 4.00. The summed E-state index contributed by atoms with van der Waals surface area (Å²) in [5.74, 6) is 0.665. The highest BCUT2D eigenvalue weighted by atomic mass is 16.1. The van der Waals surface area contributed by atoms with E-state index >= 15 is 0 Å². The van der Waals surface area contributed by atoms with Gasteiger partial charge >= 0.3 is 0 Å². The first-order valence-corrected chi connectivity index (χ1v) is 5.20. The average molecular weight is 189 g/mol. The van der Waals surface area contributed by atoms with E-state index in [9.17, 15) is 4.79 Å². The van der Waals surface area contributed by atoms with E-state index in [0.29, 0.717) is 5.78 Å². The Hall–Kier alpha value is -1.18. The van der Waals surface area contributed by atoms with Crippen LogP contribution in [0.2, 0.25) is 0 Å². The van der Waals surface area contributed by atoms with Crippen molar-refractivity contribution in [3.8, 4) is 0 Å². The van der Waals surface area contributed by atoms with Gasteiger partial charge in [-0.3, -0.25) is 9.78 Å². The minimum atomic E-state index is 0.239. The van der Waals surface area contributed by atoms with E-state index in [2.05, 4.69) is 18.0 Å². The number of hydrogen-bond donors (Lipinski definition) is 0. The standard InChI is InChI=1S/C12H15NO/c1-9-4-3-7-13-11(9)8-10-5-2-6-12(10)14/h3-4,7,10H,2,5-6,8H2,1H3. The van der Waals surface area contributed by atoms with Crippen molar-refractivity contribution < 1.29 is 4.79 Å². The van der Waals surface area contributed by atoms with E-state index in [1.54, 1.807) is 0 Å².